The first-order valence-corrected chi connectivity index (χ1v) is 23.2. The van der Waals surface area contributed by atoms with Gasteiger partial charge in [-0.3, -0.25) is 14.8 Å². The van der Waals surface area contributed by atoms with E-state index >= 15 is 0 Å². The molecule has 1 aromatic rings. The van der Waals surface area contributed by atoms with Crippen molar-refractivity contribution in [3.63, 3.8) is 0 Å². The van der Waals surface area contributed by atoms with E-state index in [-0.39, 0.29) is 19.6 Å². The van der Waals surface area contributed by atoms with E-state index < -0.39 is 70.2 Å². The SMILES string of the molecule is CCCCCCCCCCCCCCCC(=O)O[C@@H]1C(NC(=O)OCC(Cl)(Cl)Cl)[C@@H](OC(=N)C(Cl)(Cl)Cl)OC(COCc2ccccc2)[C@H]1OP(C)(C)=O. The number of ether oxygens (including phenoxy) is 5. The zero-order valence-corrected chi connectivity index (χ0v) is 36.6. The van der Waals surface area contributed by atoms with Crippen LogP contribution in [0.5, 0.6) is 0 Å². The summed E-state index contributed by atoms with van der Waals surface area (Å²) in [5, 5.41) is 10.7. The minimum atomic E-state index is -3.33. The molecule has 11 nitrogen and oxygen atoms in total. The number of benzene rings is 1. The minimum absolute atomic E-state index is 0.0485. The molecule has 310 valence electrons. The number of hydrogen-bond acceptors (Lipinski definition) is 10. The minimum Gasteiger partial charge on any atom is -0.457 e. The van der Waals surface area contributed by atoms with Crippen LogP contribution in [0.15, 0.2) is 30.3 Å². The third-order valence-electron chi connectivity index (χ3n) is 8.31. The summed E-state index contributed by atoms with van der Waals surface area (Å²) in [6.45, 7) is 4.30. The standard InChI is InChI=1S/C36H55Cl6N2O9P/c1-4-5-6-7-8-9-10-11-12-13-14-15-19-22-28(45)51-31-29(44-34(46)49-25-35(37,38)39)32(52-33(43)36(40,41)42)50-27(30(31)53-54(2,3)47)24-48-23-26-20-17-16-18-21-26/h16-18,20-21,27,29-32,43H,4-15,19,22-25H2,1-3H3,(H,44,46)/t27?,29?,30-,31-,32-/m1/s1. The lowest BCUT2D eigenvalue weighted by molar-refractivity contribution is -0.251. The van der Waals surface area contributed by atoms with Crippen molar-refractivity contribution in [3.05, 3.63) is 35.9 Å². The van der Waals surface area contributed by atoms with Crippen molar-refractivity contribution in [2.75, 3.05) is 26.5 Å². The molecule has 2 unspecified atom stereocenters. The number of carbonyl (C=O) groups excluding carboxylic acids is 2. The van der Waals surface area contributed by atoms with Crippen LogP contribution in [0.4, 0.5) is 4.79 Å². The molecule has 1 amide bonds. The molecule has 2 N–H and O–H groups in total. The fourth-order valence-corrected chi connectivity index (χ4v) is 6.86. The Morgan fingerprint density at radius 1 is 0.833 bits per heavy atom. The molecule has 54 heavy (non-hydrogen) atoms. The number of esters is 1. The summed E-state index contributed by atoms with van der Waals surface area (Å²) < 4.78 is 43.7. The van der Waals surface area contributed by atoms with Crippen LogP contribution in [0, 0.1) is 5.41 Å². The van der Waals surface area contributed by atoms with E-state index in [1.165, 1.54) is 64.7 Å². The number of amides is 1. The van der Waals surface area contributed by atoms with Crippen LogP contribution in [-0.4, -0.2) is 82.7 Å². The van der Waals surface area contributed by atoms with Gasteiger partial charge in [-0.25, -0.2) is 4.79 Å². The quantitative estimate of drug-likeness (QED) is 0.0259. The van der Waals surface area contributed by atoms with E-state index in [4.69, 9.17) is 103 Å². The predicted octanol–water partition coefficient (Wildman–Crippen LogP) is 11.1. The first-order valence-electron chi connectivity index (χ1n) is 18.4. The number of hydrogen-bond donors (Lipinski definition) is 2. The van der Waals surface area contributed by atoms with Gasteiger partial charge < -0.3 is 33.5 Å². The van der Waals surface area contributed by atoms with Gasteiger partial charge in [-0.05, 0) is 12.0 Å². The lowest BCUT2D eigenvalue weighted by Gasteiger charge is -2.45. The van der Waals surface area contributed by atoms with E-state index in [0.717, 1.165) is 31.2 Å². The Labute approximate surface area is 350 Å². The van der Waals surface area contributed by atoms with Crippen molar-refractivity contribution in [3.8, 4) is 0 Å². The van der Waals surface area contributed by atoms with Crippen molar-refractivity contribution < 1.29 is 42.4 Å². The van der Waals surface area contributed by atoms with Gasteiger partial charge in [-0.1, -0.05) is 184 Å². The Balaban J connectivity index is 2.22. The maximum Gasteiger partial charge on any atom is 0.407 e. The van der Waals surface area contributed by atoms with Crippen LogP contribution < -0.4 is 5.32 Å². The molecule has 0 radical (unpaired) electrons. The molecule has 0 saturated carbocycles. The molecule has 0 aliphatic carbocycles. The van der Waals surface area contributed by atoms with E-state index in [0.29, 0.717) is 6.42 Å². The number of nitrogens with one attached hydrogen (secondary N) is 2. The monoisotopic (exact) mass is 900 g/mol. The van der Waals surface area contributed by atoms with E-state index in [1.807, 2.05) is 30.3 Å². The van der Waals surface area contributed by atoms with Gasteiger partial charge in [-0.15, -0.1) is 0 Å². The highest BCUT2D eigenvalue weighted by molar-refractivity contribution is 7.57. The first kappa shape index (κ1) is 49.4. The number of alkyl halides is 6. The second-order valence-corrected chi connectivity index (χ2v) is 21.1. The number of halogens is 6. The van der Waals surface area contributed by atoms with Gasteiger partial charge in [0.1, 0.15) is 24.9 Å². The van der Waals surface area contributed by atoms with Gasteiger partial charge >= 0.3 is 12.1 Å². The molecule has 2 rings (SSSR count). The van der Waals surface area contributed by atoms with Gasteiger partial charge in [0.2, 0.25) is 16.0 Å². The van der Waals surface area contributed by atoms with Gasteiger partial charge in [0.15, 0.2) is 13.5 Å². The van der Waals surface area contributed by atoms with Gasteiger partial charge in [0.05, 0.1) is 13.2 Å². The Morgan fingerprint density at radius 2 is 1.39 bits per heavy atom. The van der Waals surface area contributed by atoms with E-state index in [1.54, 1.807) is 0 Å². The zero-order valence-electron chi connectivity index (χ0n) is 31.2. The highest BCUT2D eigenvalue weighted by Crippen LogP contribution is 2.44. The molecule has 5 atom stereocenters. The van der Waals surface area contributed by atoms with Crippen molar-refractivity contribution in [1.82, 2.24) is 5.32 Å². The molecular weight excluding hydrogens is 848 g/mol. The fourth-order valence-electron chi connectivity index (χ4n) is 5.72. The summed E-state index contributed by atoms with van der Waals surface area (Å²) in [5.74, 6) is -1.49. The summed E-state index contributed by atoms with van der Waals surface area (Å²) in [6, 6.07) is 7.81. The summed E-state index contributed by atoms with van der Waals surface area (Å²) in [6.07, 6.45) is 8.21. The Hall–Kier alpha value is -0.720. The summed E-state index contributed by atoms with van der Waals surface area (Å²) in [5.41, 5.74) is 0.852. The highest BCUT2D eigenvalue weighted by atomic mass is 35.6. The molecule has 18 heteroatoms. The van der Waals surface area contributed by atoms with Crippen LogP contribution in [0.1, 0.15) is 102 Å². The summed E-state index contributed by atoms with van der Waals surface area (Å²) in [4.78, 5) is 26.5. The molecule has 1 aliphatic rings. The van der Waals surface area contributed by atoms with Crippen LogP contribution in [-0.2, 0) is 44.2 Å². The largest absolute Gasteiger partial charge is 0.457 e. The third-order valence-corrected chi connectivity index (χ3v) is 9.90. The maximum atomic E-state index is 13.4. The first-order chi connectivity index (χ1) is 25.4. The molecule has 1 aliphatic heterocycles. The highest BCUT2D eigenvalue weighted by Gasteiger charge is 2.53. The second-order valence-electron chi connectivity index (χ2n) is 13.6. The molecule has 1 saturated heterocycles. The average molecular weight is 904 g/mol. The molecule has 1 fully saturated rings. The lowest BCUT2D eigenvalue weighted by atomic mass is 9.96. The molecule has 1 aromatic carbocycles. The van der Waals surface area contributed by atoms with E-state index in [9.17, 15) is 14.2 Å². The Bertz CT molecular complexity index is 1300. The molecule has 0 bridgehead atoms. The summed E-state index contributed by atoms with van der Waals surface area (Å²) >= 11 is 35.1. The second kappa shape index (κ2) is 25.6. The number of alkyl carbamates (subject to hydrolysis) is 1. The van der Waals surface area contributed by atoms with Gasteiger partial charge in [0, 0.05) is 19.8 Å². The van der Waals surface area contributed by atoms with Crippen LogP contribution in [0.2, 0.25) is 0 Å². The normalized spacial score (nSPS) is 20.6. The molecule has 1 heterocycles. The number of carbonyl (C=O) groups is 2. The van der Waals surface area contributed by atoms with Crippen LogP contribution >= 0.6 is 77.0 Å². The number of rotatable bonds is 24. The summed E-state index contributed by atoms with van der Waals surface area (Å²) in [7, 11) is -3.33. The third kappa shape index (κ3) is 21.7. The van der Waals surface area contributed by atoms with Crippen LogP contribution in [0.25, 0.3) is 0 Å². The fraction of sp³-hybridized carbons (Fsp3) is 0.750. The maximum absolute atomic E-state index is 13.4. The number of unbranched alkanes of at least 4 members (excludes halogenated alkanes) is 12. The lowest BCUT2D eigenvalue weighted by Crippen LogP contribution is -2.66. The smallest absolute Gasteiger partial charge is 0.407 e. The molecule has 0 aromatic heterocycles. The van der Waals surface area contributed by atoms with Crippen molar-refractivity contribution in [2.45, 2.75) is 142 Å². The Morgan fingerprint density at radius 3 is 1.91 bits per heavy atom. The van der Waals surface area contributed by atoms with Crippen molar-refractivity contribution in [2.24, 2.45) is 0 Å². The van der Waals surface area contributed by atoms with E-state index in [2.05, 4.69) is 12.2 Å². The Kier molecular flexibility index (Phi) is 23.4. The average Bonchev–Trinajstić information content (AvgIpc) is 3.08. The molecular formula is C36H55Cl6N2O9P. The van der Waals surface area contributed by atoms with Gasteiger partial charge in [0.25, 0.3) is 3.79 Å². The van der Waals surface area contributed by atoms with Crippen molar-refractivity contribution in [1.29, 1.82) is 5.41 Å². The van der Waals surface area contributed by atoms with Crippen molar-refractivity contribution >= 4 is 94.9 Å². The topological polar surface area (TPSA) is 142 Å². The zero-order chi connectivity index (χ0) is 40.2. The predicted molar refractivity (Wildman–Crippen MR) is 217 cm³/mol. The molecule has 0 spiro atoms. The van der Waals surface area contributed by atoms with Gasteiger partial charge in [-0.2, -0.15) is 0 Å². The van der Waals surface area contributed by atoms with Crippen LogP contribution in [0.3, 0.4) is 0 Å².